The van der Waals surface area contributed by atoms with E-state index in [-0.39, 0.29) is 28.8 Å². The summed E-state index contributed by atoms with van der Waals surface area (Å²) in [6.45, 7) is 2.68. The smallest absolute Gasteiger partial charge is 0.352 e. The zero-order valence-electron chi connectivity index (χ0n) is 17.4. The van der Waals surface area contributed by atoms with Crippen LogP contribution >= 0.6 is 23.1 Å². The number of amides is 2. The first-order valence-corrected chi connectivity index (χ1v) is 11.5. The standard InChI is InChI=1S/C19H19N5O7S2/c1-7-3-10(23-31-7)12(11-6-33-19(20)21-11)15(26)22-13-16(27)24-14(18(28)29)9(4-30-8(2)25)5-32-17(13)24/h3,6,13,17,23H,4-5H2,1-2H3,(H2,20,21)(H,22,26)(H,28,29)/t13?,17-/m0/s1. The van der Waals surface area contributed by atoms with Crippen LogP contribution in [0.1, 0.15) is 19.5 Å². The topological polar surface area (TPSA) is 173 Å². The van der Waals surface area contributed by atoms with Crippen LogP contribution in [0.5, 0.6) is 0 Å². The first kappa shape index (κ1) is 22.7. The van der Waals surface area contributed by atoms with E-state index >= 15 is 0 Å². The Labute approximate surface area is 195 Å². The molecule has 2 atom stereocenters. The van der Waals surface area contributed by atoms with E-state index in [2.05, 4.69) is 15.8 Å². The van der Waals surface area contributed by atoms with E-state index < -0.39 is 35.2 Å². The quantitative estimate of drug-likeness (QED) is 0.242. The number of thioether (sulfide) groups is 1. The van der Waals surface area contributed by atoms with Gasteiger partial charge >= 0.3 is 11.9 Å². The van der Waals surface area contributed by atoms with Crippen LogP contribution in [0.2, 0.25) is 0 Å². The van der Waals surface area contributed by atoms with Crippen molar-refractivity contribution in [2.45, 2.75) is 25.3 Å². The molecule has 4 rings (SSSR count). The maximum Gasteiger partial charge on any atom is 0.352 e. The highest BCUT2D eigenvalue weighted by atomic mass is 32.2. The predicted molar refractivity (Wildman–Crippen MR) is 118 cm³/mol. The SMILES string of the molecule is CC(=O)OCC1=C(C(=O)O)N2C(=O)C(NC(=O)C(=C3C=C(C)ON3)c3csc(N)n3)[C@@H]2SC1. The van der Waals surface area contributed by atoms with Gasteiger partial charge in [-0.3, -0.25) is 19.3 Å². The van der Waals surface area contributed by atoms with Gasteiger partial charge in [-0.05, 0) is 6.92 Å². The van der Waals surface area contributed by atoms with Crippen molar-refractivity contribution in [2.24, 2.45) is 0 Å². The lowest BCUT2D eigenvalue weighted by Gasteiger charge is -2.49. The Kier molecular flexibility index (Phi) is 6.03. The molecule has 1 saturated heterocycles. The van der Waals surface area contributed by atoms with Gasteiger partial charge in [-0.15, -0.1) is 23.1 Å². The number of ether oxygens (including phenoxy) is 1. The number of carboxylic acids is 1. The number of aliphatic carboxylic acids is 1. The molecule has 3 aliphatic rings. The monoisotopic (exact) mass is 493 g/mol. The van der Waals surface area contributed by atoms with E-state index in [0.29, 0.717) is 22.7 Å². The third-order valence-electron chi connectivity index (χ3n) is 4.93. The van der Waals surface area contributed by atoms with Crippen LogP contribution in [0.15, 0.2) is 34.2 Å². The predicted octanol–water partition coefficient (Wildman–Crippen LogP) is 0.177. The number of carbonyl (C=O) groups excluding carboxylic acids is 3. The molecule has 4 heterocycles. The lowest BCUT2D eigenvalue weighted by Crippen LogP contribution is -2.70. The van der Waals surface area contributed by atoms with Crippen molar-refractivity contribution in [3.8, 4) is 0 Å². The highest BCUT2D eigenvalue weighted by Gasteiger charge is 2.54. The number of carboxylic acid groups (broad SMARTS) is 1. The van der Waals surface area contributed by atoms with Gasteiger partial charge in [-0.2, -0.15) is 0 Å². The van der Waals surface area contributed by atoms with E-state index in [1.165, 1.54) is 18.7 Å². The van der Waals surface area contributed by atoms with E-state index in [1.54, 1.807) is 18.4 Å². The Hall–Kier alpha value is -3.52. The van der Waals surface area contributed by atoms with Gasteiger partial charge < -0.3 is 25.7 Å². The normalized spacial score (nSPS) is 23.0. The third-order valence-corrected chi connectivity index (χ3v) is 6.94. The van der Waals surface area contributed by atoms with Crippen LogP contribution in [-0.2, 0) is 28.8 Å². The first-order valence-electron chi connectivity index (χ1n) is 9.58. The summed E-state index contributed by atoms with van der Waals surface area (Å²) in [6.07, 6.45) is 1.61. The molecule has 2 amide bonds. The Morgan fingerprint density at radius 3 is 2.79 bits per heavy atom. The molecule has 1 unspecified atom stereocenters. The number of fused-ring (bicyclic) bond motifs is 1. The second kappa shape index (κ2) is 8.78. The summed E-state index contributed by atoms with van der Waals surface area (Å²) >= 11 is 2.42. The number of nitrogen functional groups attached to an aromatic ring is 1. The van der Waals surface area contributed by atoms with Crippen LogP contribution in [0.4, 0.5) is 5.13 Å². The second-order valence-corrected chi connectivity index (χ2v) is 9.21. The molecule has 12 nitrogen and oxygen atoms in total. The molecule has 14 heteroatoms. The molecule has 0 aromatic carbocycles. The largest absolute Gasteiger partial charge is 0.477 e. The van der Waals surface area contributed by atoms with Gasteiger partial charge in [-0.1, -0.05) is 0 Å². The number of hydrogen-bond donors (Lipinski definition) is 4. The number of nitrogens with zero attached hydrogens (tertiary/aromatic N) is 2. The summed E-state index contributed by atoms with van der Waals surface area (Å²) in [5, 5.41) is 13.6. The number of allylic oxidation sites excluding steroid dienone is 2. The number of carbonyl (C=O) groups is 4. The summed E-state index contributed by atoms with van der Waals surface area (Å²) in [5.74, 6) is -2.29. The summed E-state index contributed by atoms with van der Waals surface area (Å²) in [6, 6.07) is -0.953. The number of nitrogens with one attached hydrogen (secondary N) is 2. The van der Waals surface area contributed by atoms with E-state index in [9.17, 15) is 24.3 Å². The molecule has 5 N–H and O–H groups in total. The van der Waals surface area contributed by atoms with Gasteiger partial charge in [0.1, 0.15) is 29.5 Å². The molecular formula is C19H19N5O7S2. The molecule has 1 fully saturated rings. The minimum absolute atomic E-state index is 0.136. The van der Waals surface area contributed by atoms with Crippen LogP contribution in [-0.4, -0.2) is 62.5 Å². The number of β-lactam (4-membered cyclic amide) rings is 1. The summed E-state index contributed by atoms with van der Waals surface area (Å²) in [4.78, 5) is 59.5. The van der Waals surface area contributed by atoms with Gasteiger partial charge in [0, 0.05) is 29.7 Å². The Morgan fingerprint density at radius 2 is 2.21 bits per heavy atom. The molecule has 0 saturated carbocycles. The van der Waals surface area contributed by atoms with Crippen molar-refractivity contribution in [2.75, 3.05) is 18.1 Å². The molecule has 0 radical (unpaired) electrons. The van der Waals surface area contributed by atoms with Crippen LogP contribution < -0.4 is 16.5 Å². The van der Waals surface area contributed by atoms with Gasteiger partial charge in [-0.25, -0.2) is 15.3 Å². The lowest BCUT2D eigenvalue weighted by molar-refractivity contribution is -0.150. The number of aromatic nitrogens is 1. The molecule has 3 aliphatic heterocycles. The number of hydrogen-bond acceptors (Lipinski definition) is 11. The fourth-order valence-corrected chi connectivity index (χ4v) is 5.38. The van der Waals surface area contributed by atoms with Gasteiger partial charge in [0.05, 0.1) is 17.0 Å². The van der Waals surface area contributed by atoms with Crippen molar-refractivity contribution in [1.29, 1.82) is 0 Å². The van der Waals surface area contributed by atoms with E-state index in [1.807, 2.05) is 0 Å². The fraction of sp³-hybridized carbons (Fsp3) is 0.316. The van der Waals surface area contributed by atoms with Gasteiger partial charge in [0.2, 0.25) is 0 Å². The average molecular weight is 494 g/mol. The highest BCUT2D eigenvalue weighted by molar-refractivity contribution is 8.00. The van der Waals surface area contributed by atoms with Gasteiger partial charge in [0.25, 0.3) is 11.8 Å². The second-order valence-electron chi connectivity index (χ2n) is 7.22. The van der Waals surface area contributed by atoms with E-state index in [0.717, 1.165) is 16.2 Å². The molecule has 33 heavy (non-hydrogen) atoms. The number of esters is 1. The van der Waals surface area contributed by atoms with Gasteiger partial charge in [0.15, 0.2) is 5.13 Å². The lowest BCUT2D eigenvalue weighted by atomic mass is 10.0. The fourth-order valence-electron chi connectivity index (χ4n) is 3.50. The summed E-state index contributed by atoms with van der Waals surface area (Å²) in [5.41, 5.74) is 9.24. The third kappa shape index (κ3) is 4.26. The number of hydroxylamine groups is 1. The summed E-state index contributed by atoms with van der Waals surface area (Å²) < 4.78 is 4.92. The van der Waals surface area contributed by atoms with Crippen molar-refractivity contribution >= 4 is 57.6 Å². The van der Waals surface area contributed by atoms with Crippen LogP contribution in [0.25, 0.3) is 5.57 Å². The Morgan fingerprint density at radius 1 is 1.45 bits per heavy atom. The minimum atomic E-state index is -1.31. The number of rotatable bonds is 6. The van der Waals surface area contributed by atoms with Crippen LogP contribution in [0.3, 0.4) is 0 Å². The van der Waals surface area contributed by atoms with E-state index in [4.69, 9.17) is 15.3 Å². The first-order chi connectivity index (χ1) is 15.7. The molecule has 1 aromatic heterocycles. The average Bonchev–Trinajstić information content (AvgIpc) is 3.38. The molecule has 174 valence electrons. The maximum absolute atomic E-state index is 13.2. The minimum Gasteiger partial charge on any atom is -0.477 e. The highest BCUT2D eigenvalue weighted by Crippen LogP contribution is 2.40. The molecule has 0 bridgehead atoms. The molecule has 1 aromatic rings. The Balaban J connectivity index is 1.57. The molecule has 0 spiro atoms. The van der Waals surface area contributed by atoms with Crippen molar-refractivity contribution < 1.29 is 33.9 Å². The molecule has 0 aliphatic carbocycles. The van der Waals surface area contributed by atoms with Crippen molar-refractivity contribution in [1.82, 2.24) is 20.7 Å². The number of anilines is 1. The summed E-state index contributed by atoms with van der Waals surface area (Å²) in [7, 11) is 0. The number of thiazole rings is 1. The maximum atomic E-state index is 13.2. The van der Waals surface area contributed by atoms with Crippen molar-refractivity contribution in [3.63, 3.8) is 0 Å². The zero-order valence-corrected chi connectivity index (χ0v) is 19.0. The Bertz CT molecular complexity index is 1160. The zero-order chi connectivity index (χ0) is 23.9. The number of nitrogens with two attached hydrogens (primary N) is 1. The van der Waals surface area contributed by atoms with Crippen LogP contribution in [0, 0.1) is 0 Å². The van der Waals surface area contributed by atoms with Crippen molar-refractivity contribution in [3.05, 3.63) is 39.9 Å². The molecular weight excluding hydrogens is 474 g/mol.